The lowest BCUT2D eigenvalue weighted by Crippen LogP contribution is -2.12. The molecule has 1 aliphatic rings. The van der Waals surface area contributed by atoms with Gasteiger partial charge in [-0.15, -0.1) is 0 Å². The van der Waals surface area contributed by atoms with Crippen LogP contribution in [0.4, 0.5) is 21.5 Å². The normalized spacial score (nSPS) is 13.1. The third kappa shape index (κ3) is 1.84. The molecule has 0 unspecified atom stereocenters. The van der Waals surface area contributed by atoms with Gasteiger partial charge in [0.2, 0.25) is 0 Å². The molecule has 0 aliphatic carbocycles. The maximum absolute atomic E-state index is 14.1. The van der Waals surface area contributed by atoms with E-state index in [0.29, 0.717) is 11.4 Å². The van der Waals surface area contributed by atoms with Crippen LogP contribution in [0.2, 0.25) is 0 Å². The molecule has 2 aromatic rings. The molecule has 3 rings (SSSR count). The standard InChI is InChI=1S/C15H11FN2O2/c1-18(9-5-3-2-4-6-9)13-8-12-10(7-11(13)16)14(19)15(20)17-12/h2-8H,1H3,(H,17,19,20). The van der Waals surface area contributed by atoms with Gasteiger partial charge < -0.3 is 10.2 Å². The minimum atomic E-state index is -0.723. The lowest BCUT2D eigenvalue weighted by molar-refractivity contribution is -0.112. The third-order valence-corrected chi connectivity index (χ3v) is 3.29. The van der Waals surface area contributed by atoms with E-state index in [0.717, 1.165) is 11.8 Å². The number of carbonyl (C=O) groups is 2. The summed E-state index contributed by atoms with van der Waals surface area (Å²) in [6.07, 6.45) is 0. The number of fused-ring (bicyclic) bond motifs is 1. The van der Waals surface area contributed by atoms with Crippen LogP contribution in [0.5, 0.6) is 0 Å². The Morgan fingerprint density at radius 1 is 1.10 bits per heavy atom. The second kappa shape index (κ2) is 4.45. The van der Waals surface area contributed by atoms with Crippen molar-refractivity contribution < 1.29 is 14.0 Å². The van der Waals surface area contributed by atoms with Crippen LogP contribution in [-0.4, -0.2) is 18.7 Å². The molecule has 20 heavy (non-hydrogen) atoms. The van der Waals surface area contributed by atoms with Crippen LogP contribution in [-0.2, 0) is 4.79 Å². The monoisotopic (exact) mass is 270 g/mol. The number of carbonyl (C=O) groups excluding carboxylic acids is 2. The first-order valence-electron chi connectivity index (χ1n) is 6.06. The highest BCUT2D eigenvalue weighted by Gasteiger charge is 2.30. The van der Waals surface area contributed by atoms with Crippen LogP contribution in [0, 0.1) is 5.82 Å². The number of Topliss-reactive ketones (excluding diaryl/α,β-unsaturated/α-hetero) is 1. The van der Waals surface area contributed by atoms with E-state index in [4.69, 9.17) is 0 Å². The van der Waals surface area contributed by atoms with Crippen molar-refractivity contribution in [2.24, 2.45) is 0 Å². The molecule has 4 nitrogen and oxygen atoms in total. The van der Waals surface area contributed by atoms with Crippen molar-refractivity contribution in [3.63, 3.8) is 0 Å². The molecule has 1 N–H and O–H groups in total. The summed E-state index contributed by atoms with van der Waals surface area (Å²) >= 11 is 0. The number of amides is 1. The zero-order valence-corrected chi connectivity index (χ0v) is 10.7. The van der Waals surface area contributed by atoms with Crippen molar-refractivity contribution in [3.05, 3.63) is 53.8 Å². The summed E-state index contributed by atoms with van der Waals surface area (Å²) in [7, 11) is 1.72. The minimum absolute atomic E-state index is 0.0812. The second-order valence-corrected chi connectivity index (χ2v) is 4.53. The van der Waals surface area contributed by atoms with E-state index in [-0.39, 0.29) is 5.56 Å². The zero-order valence-electron chi connectivity index (χ0n) is 10.7. The molecule has 1 heterocycles. The minimum Gasteiger partial charge on any atom is -0.342 e. The lowest BCUT2D eigenvalue weighted by Gasteiger charge is -2.20. The fourth-order valence-electron chi connectivity index (χ4n) is 2.20. The predicted molar refractivity (Wildman–Crippen MR) is 73.9 cm³/mol. The van der Waals surface area contributed by atoms with Gasteiger partial charge in [0, 0.05) is 12.7 Å². The molecule has 1 amide bonds. The molecule has 100 valence electrons. The molecular formula is C15H11FN2O2. The van der Waals surface area contributed by atoms with Crippen molar-refractivity contribution >= 4 is 28.8 Å². The van der Waals surface area contributed by atoms with Gasteiger partial charge in [-0.1, -0.05) is 18.2 Å². The Morgan fingerprint density at radius 2 is 1.80 bits per heavy atom. The van der Waals surface area contributed by atoms with Crippen LogP contribution in [0.1, 0.15) is 10.4 Å². The average Bonchev–Trinajstić information content (AvgIpc) is 2.74. The third-order valence-electron chi connectivity index (χ3n) is 3.29. The van der Waals surface area contributed by atoms with Crippen LogP contribution < -0.4 is 10.2 Å². The van der Waals surface area contributed by atoms with Gasteiger partial charge in [-0.25, -0.2) is 4.39 Å². The van der Waals surface area contributed by atoms with Gasteiger partial charge in [-0.3, -0.25) is 9.59 Å². The summed E-state index contributed by atoms with van der Waals surface area (Å²) < 4.78 is 14.1. The van der Waals surface area contributed by atoms with E-state index in [1.165, 1.54) is 6.07 Å². The molecule has 0 saturated heterocycles. The Bertz CT molecular complexity index is 713. The number of rotatable bonds is 2. The molecule has 0 saturated carbocycles. The number of benzene rings is 2. The Hall–Kier alpha value is -2.69. The quantitative estimate of drug-likeness (QED) is 0.854. The topological polar surface area (TPSA) is 49.4 Å². The Morgan fingerprint density at radius 3 is 2.50 bits per heavy atom. The van der Waals surface area contributed by atoms with Gasteiger partial charge in [-0.2, -0.15) is 0 Å². The molecule has 1 aliphatic heterocycles. The number of nitrogens with zero attached hydrogens (tertiary/aromatic N) is 1. The van der Waals surface area contributed by atoms with Gasteiger partial charge in [0.15, 0.2) is 0 Å². The molecular weight excluding hydrogens is 259 g/mol. The lowest BCUT2D eigenvalue weighted by atomic mass is 10.1. The van der Waals surface area contributed by atoms with E-state index in [1.54, 1.807) is 11.9 Å². The average molecular weight is 270 g/mol. The molecule has 0 radical (unpaired) electrons. The number of hydrogen-bond acceptors (Lipinski definition) is 3. The Balaban J connectivity index is 2.06. The molecule has 0 spiro atoms. The number of anilines is 3. The van der Waals surface area contributed by atoms with Crippen molar-refractivity contribution in [1.82, 2.24) is 0 Å². The maximum Gasteiger partial charge on any atom is 0.296 e. The van der Waals surface area contributed by atoms with Crippen LogP contribution in [0.25, 0.3) is 0 Å². The fourth-order valence-corrected chi connectivity index (χ4v) is 2.20. The largest absolute Gasteiger partial charge is 0.342 e. The zero-order chi connectivity index (χ0) is 14.3. The van der Waals surface area contributed by atoms with Crippen LogP contribution in [0.15, 0.2) is 42.5 Å². The highest BCUT2D eigenvalue weighted by atomic mass is 19.1. The summed E-state index contributed by atoms with van der Waals surface area (Å²) in [6, 6.07) is 11.8. The van der Waals surface area contributed by atoms with Gasteiger partial charge in [-0.05, 0) is 24.3 Å². The molecule has 0 atom stereocenters. The van der Waals surface area contributed by atoms with E-state index in [1.807, 2.05) is 30.3 Å². The van der Waals surface area contributed by atoms with Crippen molar-refractivity contribution in [3.8, 4) is 0 Å². The predicted octanol–water partition coefficient (Wildman–Crippen LogP) is 2.73. The number of hydrogen-bond donors (Lipinski definition) is 1. The number of ketones is 1. The van der Waals surface area contributed by atoms with E-state index in [9.17, 15) is 14.0 Å². The second-order valence-electron chi connectivity index (χ2n) is 4.53. The summed E-state index contributed by atoms with van der Waals surface area (Å²) in [6.45, 7) is 0. The van der Waals surface area contributed by atoms with Gasteiger partial charge in [0.1, 0.15) is 5.82 Å². The van der Waals surface area contributed by atoms with Crippen molar-refractivity contribution in [1.29, 1.82) is 0 Å². The molecule has 0 fully saturated rings. The first-order chi connectivity index (χ1) is 9.58. The smallest absolute Gasteiger partial charge is 0.296 e. The molecule has 0 bridgehead atoms. The van der Waals surface area contributed by atoms with Crippen LogP contribution >= 0.6 is 0 Å². The fraction of sp³-hybridized carbons (Fsp3) is 0.0667. The Kier molecular flexibility index (Phi) is 2.75. The summed E-state index contributed by atoms with van der Waals surface area (Å²) in [5.41, 5.74) is 1.53. The molecule has 5 heteroatoms. The first kappa shape index (κ1) is 12.3. The molecule has 2 aromatic carbocycles. The SMILES string of the molecule is CN(c1ccccc1)c1cc2c(cc1F)C(=O)C(=O)N2. The van der Waals surface area contributed by atoms with Gasteiger partial charge in [0.25, 0.3) is 11.7 Å². The number of nitrogens with one attached hydrogen (secondary N) is 1. The maximum atomic E-state index is 14.1. The summed E-state index contributed by atoms with van der Waals surface area (Å²) in [5.74, 6) is -1.97. The van der Waals surface area contributed by atoms with E-state index < -0.39 is 17.5 Å². The number of halogens is 1. The highest BCUT2D eigenvalue weighted by molar-refractivity contribution is 6.51. The Labute approximate surface area is 114 Å². The summed E-state index contributed by atoms with van der Waals surface area (Å²) in [5, 5.41) is 2.44. The van der Waals surface area contributed by atoms with Crippen molar-refractivity contribution in [2.75, 3.05) is 17.3 Å². The molecule has 0 aromatic heterocycles. The summed E-state index contributed by atoms with van der Waals surface area (Å²) in [4.78, 5) is 24.5. The van der Waals surface area contributed by atoms with Crippen molar-refractivity contribution in [2.45, 2.75) is 0 Å². The highest BCUT2D eigenvalue weighted by Crippen LogP contribution is 2.33. The van der Waals surface area contributed by atoms with E-state index >= 15 is 0 Å². The van der Waals surface area contributed by atoms with Crippen LogP contribution in [0.3, 0.4) is 0 Å². The first-order valence-corrected chi connectivity index (χ1v) is 6.06. The van der Waals surface area contributed by atoms with Gasteiger partial charge in [0.05, 0.1) is 16.9 Å². The van der Waals surface area contributed by atoms with Gasteiger partial charge >= 0.3 is 0 Å². The van der Waals surface area contributed by atoms with E-state index in [2.05, 4.69) is 5.32 Å². The number of para-hydroxylation sites is 1.